The molecule has 0 radical (unpaired) electrons. The van der Waals surface area contributed by atoms with Crippen molar-refractivity contribution in [2.24, 2.45) is 5.73 Å². The van der Waals surface area contributed by atoms with Crippen LogP contribution in [0.25, 0.3) is 0 Å². The lowest BCUT2D eigenvalue weighted by atomic mass is 10.0. The molecule has 0 spiro atoms. The van der Waals surface area contributed by atoms with Gasteiger partial charge in [0.05, 0.1) is 28.2 Å². The number of rotatable bonds is 15. The third kappa shape index (κ3) is 15.5. The second-order valence-corrected chi connectivity index (χ2v) is 21.4. The van der Waals surface area contributed by atoms with Crippen LogP contribution in [-0.2, 0) is 33.1 Å². The van der Waals surface area contributed by atoms with E-state index in [1.54, 1.807) is 75.4 Å². The predicted octanol–water partition coefficient (Wildman–Crippen LogP) is 7.68. The molecule has 0 saturated carbocycles. The highest BCUT2D eigenvalue weighted by molar-refractivity contribution is 7.89. The second kappa shape index (κ2) is 21.9. The Morgan fingerprint density at radius 3 is 1.31 bits per heavy atom. The van der Waals surface area contributed by atoms with E-state index in [1.165, 1.54) is 38.1 Å². The molecule has 0 fully saturated rings. The van der Waals surface area contributed by atoms with E-state index in [1.807, 2.05) is 71.9 Å². The van der Waals surface area contributed by atoms with E-state index in [-0.39, 0.29) is 35.3 Å². The fourth-order valence-electron chi connectivity index (χ4n) is 6.19. The van der Waals surface area contributed by atoms with Gasteiger partial charge in [-0.25, -0.2) is 21.6 Å². The number of benzene rings is 4. The van der Waals surface area contributed by atoms with E-state index in [0.717, 1.165) is 19.1 Å². The summed E-state index contributed by atoms with van der Waals surface area (Å²) in [5.41, 5.74) is 5.48. The zero-order valence-corrected chi connectivity index (χ0v) is 39.9. The van der Waals surface area contributed by atoms with Gasteiger partial charge in [0.2, 0.25) is 20.0 Å². The van der Waals surface area contributed by atoms with Gasteiger partial charge in [-0.05, 0) is 112 Å². The van der Waals surface area contributed by atoms with Crippen LogP contribution < -0.4 is 15.2 Å². The number of nitrogens with zero attached hydrogens (tertiary/aromatic N) is 3. The molecule has 0 aliphatic heterocycles. The molecule has 1 amide bonds. The lowest BCUT2D eigenvalue weighted by molar-refractivity contribution is -0.0355. The van der Waals surface area contributed by atoms with Crippen LogP contribution in [0.15, 0.2) is 119 Å². The van der Waals surface area contributed by atoms with Crippen LogP contribution in [0.2, 0.25) is 0 Å². The first-order chi connectivity index (χ1) is 28.0. The van der Waals surface area contributed by atoms with Crippen molar-refractivity contribution in [1.29, 1.82) is 0 Å². The van der Waals surface area contributed by atoms with E-state index in [2.05, 4.69) is 0 Å². The second-order valence-electron chi connectivity index (χ2n) is 17.7. The fraction of sp³-hybridized carbons (Fsp3) is 0.444. The molecule has 0 aliphatic carbocycles. The summed E-state index contributed by atoms with van der Waals surface area (Å²) >= 11 is 0. The lowest BCUT2D eigenvalue weighted by Crippen LogP contribution is -2.62. The summed E-state index contributed by atoms with van der Waals surface area (Å²) < 4.78 is 68.3. The third-order valence-corrected chi connectivity index (χ3v) is 12.4. The number of aliphatic hydroxyl groups is 2. The number of hydrogen-bond acceptors (Lipinski definition) is 10. The van der Waals surface area contributed by atoms with E-state index >= 15 is 0 Å². The highest BCUT2D eigenvalue weighted by Gasteiger charge is 2.44. The number of nitrogens with two attached hydrogens (primary N) is 1. The zero-order valence-electron chi connectivity index (χ0n) is 37.5. The molecule has 0 aliphatic rings. The highest BCUT2D eigenvalue weighted by Crippen LogP contribution is 2.32. The van der Waals surface area contributed by atoms with Crippen molar-refractivity contribution in [2.75, 3.05) is 0 Å². The molecule has 62 heavy (non-hydrogen) atoms. The average Bonchev–Trinajstić information content (AvgIpc) is 3.14. The Kier molecular flexibility index (Phi) is 19.0. The van der Waals surface area contributed by atoms with E-state index in [9.17, 15) is 36.9 Å². The van der Waals surface area contributed by atoms with Crippen LogP contribution in [0.5, 0.6) is 11.5 Å². The van der Waals surface area contributed by atoms with Crippen LogP contribution in [0.4, 0.5) is 4.79 Å². The number of ether oxygens (including phenoxy) is 2. The van der Waals surface area contributed by atoms with E-state index in [4.69, 9.17) is 15.2 Å². The summed E-state index contributed by atoms with van der Waals surface area (Å²) in [6, 6.07) is 30.4. The number of hydrogen-bond donors (Lipinski definition) is 4. The Bertz CT molecular complexity index is 2240. The molecule has 14 nitrogen and oxygen atoms in total. The van der Waals surface area contributed by atoms with Crippen molar-refractivity contribution in [1.82, 2.24) is 13.5 Å². The predicted molar refractivity (Wildman–Crippen MR) is 244 cm³/mol. The maximum absolute atomic E-state index is 14.0. The summed E-state index contributed by atoms with van der Waals surface area (Å²) in [6.45, 7) is 19.0. The van der Waals surface area contributed by atoms with Crippen molar-refractivity contribution in [3.63, 3.8) is 0 Å². The molecule has 0 unspecified atom stereocenters. The number of carbonyl (C=O) groups is 1. The van der Waals surface area contributed by atoms with Gasteiger partial charge >= 0.3 is 6.09 Å². The van der Waals surface area contributed by atoms with Crippen LogP contribution in [-0.4, -0.2) is 93.0 Å². The van der Waals surface area contributed by atoms with Gasteiger partial charge in [-0.2, -0.15) is 8.61 Å². The van der Waals surface area contributed by atoms with Crippen molar-refractivity contribution in [3.05, 3.63) is 120 Å². The summed E-state index contributed by atoms with van der Waals surface area (Å²) in [6.07, 6.45) is -6.14. The summed E-state index contributed by atoms with van der Waals surface area (Å²) in [7, 11) is -8.23. The lowest BCUT2D eigenvalue weighted by Gasteiger charge is -2.45. The first-order valence-electron chi connectivity index (χ1n) is 19.9. The highest BCUT2D eigenvalue weighted by atomic mass is 35.5. The molecule has 0 heterocycles. The summed E-state index contributed by atoms with van der Waals surface area (Å²) in [5.74, 6) is 0.821. The molecular weight excluding hydrogens is 856 g/mol. The van der Waals surface area contributed by atoms with Gasteiger partial charge in [0, 0.05) is 30.8 Å². The summed E-state index contributed by atoms with van der Waals surface area (Å²) in [5, 5.41) is 30.7. The largest absolute Gasteiger partial charge is 0.488 e. The molecule has 4 atom stereocenters. The van der Waals surface area contributed by atoms with Gasteiger partial charge in [0.1, 0.15) is 28.9 Å². The van der Waals surface area contributed by atoms with Gasteiger partial charge in [-0.3, -0.25) is 4.90 Å². The number of carboxylic acid groups (broad SMARTS) is 1. The molecule has 0 aromatic heterocycles. The fourth-order valence-corrected chi connectivity index (χ4v) is 9.46. The Labute approximate surface area is 374 Å². The van der Waals surface area contributed by atoms with Crippen molar-refractivity contribution < 1.29 is 46.4 Å². The Morgan fingerprint density at radius 1 is 0.613 bits per heavy atom. The Hall–Kier alpha value is -4.26. The van der Waals surface area contributed by atoms with Gasteiger partial charge in [0.15, 0.2) is 0 Å². The topological polar surface area (TPSA) is 200 Å². The summed E-state index contributed by atoms with van der Waals surface area (Å²) in [4.78, 5) is 13.3. The maximum Gasteiger partial charge on any atom is 0.409 e. The first kappa shape index (κ1) is 53.9. The van der Waals surface area contributed by atoms with Gasteiger partial charge in [0.25, 0.3) is 0 Å². The quantitative estimate of drug-likeness (QED) is 0.0853. The average molecular weight is 922 g/mol. The minimum absolute atomic E-state index is 0. The Morgan fingerprint density at radius 2 is 0.984 bits per heavy atom. The first-order valence-corrected chi connectivity index (χ1v) is 22.8. The zero-order chi connectivity index (χ0) is 46.1. The van der Waals surface area contributed by atoms with Gasteiger partial charge < -0.3 is 30.5 Å². The smallest absolute Gasteiger partial charge is 0.409 e. The maximum atomic E-state index is 14.0. The number of amides is 1. The van der Waals surface area contributed by atoms with E-state index in [0.29, 0.717) is 17.1 Å². The minimum Gasteiger partial charge on any atom is -0.488 e. The molecule has 5 N–H and O–H groups in total. The van der Waals surface area contributed by atoms with Crippen LogP contribution in [0.1, 0.15) is 87.3 Å². The molecule has 4 aromatic rings. The van der Waals surface area contributed by atoms with Crippen molar-refractivity contribution >= 4 is 38.5 Å². The Balaban J connectivity index is 0.000000430. The van der Waals surface area contributed by atoms with Crippen LogP contribution >= 0.6 is 12.4 Å². The van der Waals surface area contributed by atoms with E-state index < -0.39 is 67.4 Å². The number of halogens is 1. The van der Waals surface area contributed by atoms with Gasteiger partial charge in [-0.1, -0.05) is 72.8 Å². The molecule has 344 valence electrons. The molecule has 4 aromatic carbocycles. The third-order valence-electron chi connectivity index (χ3n) is 8.78. The van der Waals surface area contributed by atoms with Crippen LogP contribution in [0, 0.1) is 0 Å². The molecule has 4 rings (SSSR count). The molecular formula is C45H65ClN4O10S2. The SMILES string of the molecule is C[C@@H](O)[C@@H](N(C(=O)O)C(C)(C)C)N(Cc1ccccc1)S(=O)(=O)c1cccc(OC(C)(C)C)c1.C[C@@H](O)[C@@H](N)N(Cc1ccccc1)S(=O)(=O)c1cccc(OC(C)(C)C)c1.Cl. The molecule has 0 bridgehead atoms. The monoisotopic (exact) mass is 920 g/mol. The van der Waals surface area contributed by atoms with Gasteiger partial charge in [-0.15, -0.1) is 12.4 Å². The minimum atomic E-state index is -4.27. The van der Waals surface area contributed by atoms with Crippen molar-refractivity contribution in [2.45, 2.75) is 140 Å². The number of aliphatic hydroxyl groups excluding tert-OH is 2. The standard InChI is InChI=1S/C25H36N2O6S.C20H28N2O4S.ClH/c1-18(28)22(27(23(29)30)24(2,3)4)26(17-19-12-9-8-10-13-19)34(31,32)21-15-11-14-20(16-21)33-25(5,6)7;1-15(23)19(21)22(14-16-9-6-5-7-10-16)27(24,25)18-12-8-11-17(13-18)26-20(2,3)4;/h8-16,18,22,28H,17H2,1-7H3,(H,29,30);5-13,15,19,23H,14,21H2,1-4H3;1H/t18-,22-;15-,19+;/m11./s1. The number of sulfonamides is 2. The normalized spacial score (nSPS) is 14.4. The van der Waals surface area contributed by atoms with Crippen LogP contribution in [0.3, 0.4) is 0 Å². The molecule has 0 saturated heterocycles. The van der Waals surface area contributed by atoms with Crippen molar-refractivity contribution in [3.8, 4) is 11.5 Å². The molecule has 17 heteroatoms.